The molecule has 2 aromatic carbocycles. The molecule has 4 aromatic rings. The van der Waals surface area contributed by atoms with Crippen molar-refractivity contribution in [2.75, 3.05) is 13.2 Å². The number of carbonyl (C=O) groups excluding carboxylic acids is 1. The molecular weight excluding hydrogens is 400 g/mol. The molecule has 0 atom stereocenters. The lowest BCUT2D eigenvalue weighted by Gasteiger charge is -2.11. The number of carbonyl (C=O) groups is 1. The SMILES string of the molecule is Cc1ccc(OCCCn2c(CCCNC(=O)c3ccncc3)nc3ccccc32)cc1. The number of para-hydroxylation sites is 2. The van der Waals surface area contributed by atoms with Crippen LogP contribution < -0.4 is 10.1 Å². The number of pyridine rings is 1. The van der Waals surface area contributed by atoms with Crippen LogP contribution in [-0.4, -0.2) is 33.6 Å². The maximum absolute atomic E-state index is 12.2. The van der Waals surface area contributed by atoms with Crippen molar-refractivity contribution in [2.24, 2.45) is 0 Å². The first-order valence-corrected chi connectivity index (χ1v) is 11.0. The molecule has 0 aliphatic rings. The van der Waals surface area contributed by atoms with E-state index in [2.05, 4.69) is 40.0 Å². The zero-order chi connectivity index (χ0) is 22.2. The molecular formula is C26H28N4O2. The Balaban J connectivity index is 1.32. The van der Waals surface area contributed by atoms with Crippen molar-refractivity contribution in [1.82, 2.24) is 19.9 Å². The zero-order valence-corrected chi connectivity index (χ0v) is 18.3. The van der Waals surface area contributed by atoms with E-state index in [1.165, 1.54) is 5.56 Å². The first-order chi connectivity index (χ1) is 15.7. The van der Waals surface area contributed by atoms with Crippen molar-refractivity contribution in [2.45, 2.75) is 32.7 Å². The molecule has 0 fully saturated rings. The first kappa shape index (κ1) is 21.6. The Morgan fingerprint density at radius 3 is 2.59 bits per heavy atom. The smallest absolute Gasteiger partial charge is 0.251 e. The minimum absolute atomic E-state index is 0.0749. The summed E-state index contributed by atoms with van der Waals surface area (Å²) in [6, 6.07) is 19.8. The van der Waals surface area contributed by atoms with Gasteiger partial charge in [0.15, 0.2) is 0 Å². The van der Waals surface area contributed by atoms with E-state index in [9.17, 15) is 4.79 Å². The summed E-state index contributed by atoms with van der Waals surface area (Å²) in [4.78, 5) is 21.0. The van der Waals surface area contributed by atoms with Crippen LogP contribution in [0.5, 0.6) is 5.75 Å². The van der Waals surface area contributed by atoms with Crippen molar-refractivity contribution in [3.8, 4) is 5.75 Å². The molecule has 32 heavy (non-hydrogen) atoms. The fourth-order valence-electron chi connectivity index (χ4n) is 3.67. The third kappa shape index (κ3) is 5.52. The van der Waals surface area contributed by atoms with E-state index in [4.69, 9.17) is 9.72 Å². The molecule has 0 aliphatic heterocycles. The molecule has 6 nitrogen and oxygen atoms in total. The molecule has 0 radical (unpaired) electrons. The molecule has 0 saturated heterocycles. The van der Waals surface area contributed by atoms with E-state index in [1.807, 2.05) is 30.3 Å². The third-order valence-corrected chi connectivity index (χ3v) is 5.35. The summed E-state index contributed by atoms with van der Waals surface area (Å²) in [7, 11) is 0. The average Bonchev–Trinajstić information content (AvgIpc) is 3.18. The van der Waals surface area contributed by atoms with Crippen molar-refractivity contribution in [3.63, 3.8) is 0 Å². The summed E-state index contributed by atoms with van der Waals surface area (Å²) in [5.41, 5.74) is 3.99. The Bertz CT molecular complexity index is 1150. The number of rotatable bonds is 10. The van der Waals surface area contributed by atoms with Gasteiger partial charge >= 0.3 is 0 Å². The van der Waals surface area contributed by atoms with Gasteiger partial charge in [-0.15, -0.1) is 0 Å². The van der Waals surface area contributed by atoms with Gasteiger partial charge in [-0.05, 0) is 56.2 Å². The first-order valence-electron chi connectivity index (χ1n) is 11.0. The van der Waals surface area contributed by atoms with Crippen LogP contribution in [0.4, 0.5) is 0 Å². The highest BCUT2D eigenvalue weighted by molar-refractivity contribution is 5.93. The van der Waals surface area contributed by atoms with Gasteiger partial charge in [0.25, 0.3) is 5.91 Å². The highest BCUT2D eigenvalue weighted by Crippen LogP contribution is 2.18. The van der Waals surface area contributed by atoms with Crippen LogP contribution in [0.3, 0.4) is 0 Å². The molecule has 4 rings (SSSR count). The normalized spacial score (nSPS) is 10.9. The van der Waals surface area contributed by atoms with Crippen LogP contribution in [0.1, 0.15) is 34.6 Å². The lowest BCUT2D eigenvalue weighted by Crippen LogP contribution is -2.25. The zero-order valence-electron chi connectivity index (χ0n) is 18.3. The van der Waals surface area contributed by atoms with E-state index in [0.29, 0.717) is 18.7 Å². The largest absolute Gasteiger partial charge is 0.494 e. The van der Waals surface area contributed by atoms with Crippen molar-refractivity contribution in [1.29, 1.82) is 0 Å². The van der Waals surface area contributed by atoms with E-state index < -0.39 is 0 Å². The molecule has 0 spiro atoms. The second-order valence-electron chi connectivity index (χ2n) is 7.78. The highest BCUT2D eigenvalue weighted by atomic mass is 16.5. The van der Waals surface area contributed by atoms with Gasteiger partial charge in [-0.2, -0.15) is 0 Å². The average molecular weight is 429 g/mol. The minimum Gasteiger partial charge on any atom is -0.494 e. The summed E-state index contributed by atoms with van der Waals surface area (Å²) in [5, 5.41) is 2.97. The van der Waals surface area contributed by atoms with Gasteiger partial charge in [0.2, 0.25) is 0 Å². The van der Waals surface area contributed by atoms with Crippen LogP contribution in [0.25, 0.3) is 11.0 Å². The number of aromatic nitrogens is 3. The number of benzene rings is 2. The maximum Gasteiger partial charge on any atom is 0.251 e. The molecule has 2 heterocycles. The van der Waals surface area contributed by atoms with Crippen molar-refractivity contribution >= 4 is 16.9 Å². The predicted octanol–water partition coefficient (Wildman–Crippen LogP) is 4.57. The van der Waals surface area contributed by atoms with Crippen LogP contribution in [0.2, 0.25) is 0 Å². The lowest BCUT2D eigenvalue weighted by molar-refractivity contribution is 0.0953. The Morgan fingerprint density at radius 1 is 1.00 bits per heavy atom. The number of fused-ring (bicyclic) bond motifs is 1. The Kier molecular flexibility index (Phi) is 7.12. The van der Waals surface area contributed by atoms with E-state index >= 15 is 0 Å². The second kappa shape index (κ2) is 10.6. The minimum atomic E-state index is -0.0749. The van der Waals surface area contributed by atoms with Crippen LogP contribution in [-0.2, 0) is 13.0 Å². The van der Waals surface area contributed by atoms with E-state index in [-0.39, 0.29) is 5.91 Å². The molecule has 164 valence electrons. The number of hydrogen-bond acceptors (Lipinski definition) is 4. The maximum atomic E-state index is 12.2. The Labute approximate surface area is 188 Å². The summed E-state index contributed by atoms with van der Waals surface area (Å²) >= 11 is 0. The number of aryl methyl sites for hydroxylation is 3. The molecule has 0 aliphatic carbocycles. The summed E-state index contributed by atoms with van der Waals surface area (Å²) < 4.78 is 8.17. The van der Waals surface area contributed by atoms with Gasteiger partial charge in [-0.25, -0.2) is 4.98 Å². The summed E-state index contributed by atoms with van der Waals surface area (Å²) in [5.74, 6) is 1.87. The number of imidazole rings is 1. The molecule has 1 amide bonds. The standard InChI is InChI=1S/C26H28N4O2/c1-20-9-11-22(12-10-20)32-19-5-18-30-24-7-3-2-6-23(24)29-25(30)8-4-15-28-26(31)21-13-16-27-17-14-21/h2-3,6-7,9-14,16-17H,4-5,8,15,18-19H2,1H3,(H,28,31). The van der Waals surface area contributed by atoms with E-state index in [0.717, 1.165) is 48.4 Å². The molecule has 0 unspecified atom stereocenters. The molecule has 0 bridgehead atoms. The quantitative estimate of drug-likeness (QED) is 0.376. The number of hydrogen-bond donors (Lipinski definition) is 1. The van der Waals surface area contributed by atoms with Gasteiger partial charge in [0, 0.05) is 37.5 Å². The number of nitrogens with zero attached hydrogens (tertiary/aromatic N) is 3. The monoisotopic (exact) mass is 428 g/mol. The second-order valence-corrected chi connectivity index (χ2v) is 7.78. The van der Waals surface area contributed by atoms with Crippen LogP contribution in [0, 0.1) is 6.92 Å². The third-order valence-electron chi connectivity index (χ3n) is 5.35. The van der Waals surface area contributed by atoms with Gasteiger partial charge in [0.1, 0.15) is 11.6 Å². The van der Waals surface area contributed by atoms with Crippen LogP contribution >= 0.6 is 0 Å². The number of amides is 1. The summed E-state index contributed by atoms with van der Waals surface area (Å²) in [6.07, 6.45) is 5.75. The van der Waals surface area contributed by atoms with Crippen molar-refractivity contribution < 1.29 is 9.53 Å². The van der Waals surface area contributed by atoms with E-state index in [1.54, 1.807) is 24.5 Å². The van der Waals surface area contributed by atoms with Gasteiger partial charge in [0.05, 0.1) is 17.6 Å². The van der Waals surface area contributed by atoms with Crippen molar-refractivity contribution in [3.05, 3.63) is 90.0 Å². The predicted molar refractivity (Wildman–Crippen MR) is 126 cm³/mol. The Morgan fingerprint density at radius 2 is 1.78 bits per heavy atom. The van der Waals surface area contributed by atoms with Crippen LogP contribution in [0.15, 0.2) is 73.1 Å². The summed E-state index contributed by atoms with van der Waals surface area (Å²) in [6.45, 7) is 4.16. The van der Waals surface area contributed by atoms with Gasteiger partial charge < -0.3 is 14.6 Å². The fraction of sp³-hybridized carbons (Fsp3) is 0.269. The molecule has 2 aromatic heterocycles. The molecule has 6 heteroatoms. The molecule has 1 N–H and O–H groups in total. The topological polar surface area (TPSA) is 69.0 Å². The van der Waals surface area contributed by atoms with Gasteiger partial charge in [-0.1, -0.05) is 29.8 Å². The highest BCUT2D eigenvalue weighted by Gasteiger charge is 2.11. The lowest BCUT2D eigenvalue weighted by atomic mass is 10.2. The number of nitrogens with one attached hydrogen (secondary N) is 1. The Hall–Kier alpha value is -3.67. The number of ether oxygens (including phenoxy) is 1. The van der Waals surface area contributed by atoms with Gasteiger partial charge in [-0.3, -0.25) is 9.78 Å². The molecule has 0 saturated carbocycles. The fourth-order valence-corrected chi connectivity index (χ4v) is 3.67.